The molecule has 20 heavy (non-hydrogen) atoms. The van der Waals surface area contributed by atoms with Gasteiger partial charge in [0.2, 0.25) is 0 Å². The molecule has 0 spiro atoms. The Kier molecular flexibility index (Phi) is 15.6. The van der Waals surface area contributed by atoms with Crippen LogP contribution in [0.4, 0.5) is 0 Å². The smallest absolute Gasteiger partial charge is 0.189 e. The minimum absolute atomic E-state index is 0.185. The van der Waals surface area contributed by atoms with Crippen molar-refractivity contribution in [1.29, 1.82) is 0 Å². The van der Waals surface area contributed by atoms with Crippen LogP contribution in [0.3, 0.4) is 0 Å². The fourth-order valence-corrected chi connectivity index (χ4v) is 1.93. The highest BCUT2D eigenvalue weighted by atomic mass is 16.7. The number of carbonyl (C=O) groups excluding carboxylic acids is 1. The van der Waals surface area contributed by atoms with Crippen molar-refractivity contribution >= 4 is 6.29 Å². The molecule has 0 aromatic rings. The number of unbranched alkanes of at least 4 members (excludes halogenated alkanes) is 8. The first-order valence-electron chi connectivity index (χ1n) is 8.21. The summed E-state index contributed by atoms with van der Waals surface area (Å²) in [7, 11) is 0. The van der Waals surface area contributed by atoms with E-state index in [9.17, 15) is 4.79 Å². The summed E-state index contributed by atoms with van der Waals surface area (Å²) < 4.78 is 10.6. The topological polar surface area (TPSA) is 35.5 Å². The molecule has 0 bridgehead atoms. The highest BCUT2D eigenvalue weighted by Gasteiger charge is 1.96. The van der Waals surface area contributed by atoms with E-state index in [-0.39, 0.29) is 6.79 Å². The molecule has 0 saturated carbocycles. The summed E-state index contributed by atoms with van der Waals surface area (Å²) in [5.74, 6) is 0.411. The molecule has 0 unspecified atom stereocenters. The van der Waals surface area contributed by atoms with Crippen molar-refractivity contribution in [3.63, 3.8) is 0 Å². The maximum Gasteiger partial charge on any atom is 0.189 e. The van der Waals surface area contributed by atoms with Crippen molar-refractivity contribution in [1.82, 2.24) is 0 Å². The molecule has 3 nitrogen and oxygen atoms in total. The molecule has 0 amide bonds. The molecule has 0 heterocycles. The third-order valence-electron chi connectivity index (χ3n) is 3.22. The fourth-order valence-electron chi connectivity index (χ4n) is 1.93. The van der Waals surface area contributed by atoms with E-state index in [1.165, 1.54) is 44.9 Å². The van der Waals surface area contributed by atoms with Gasteiger partial charge < -0.3 is 9.47 Å². The molecule has 0 saturated heterocycles. The van der Waals surface area contributed by atoms with E-state index in [0.29, 0.717) is 12.4 Å². The maximum atomic E-state index is 10.8. The summed E-state index contributed by atoms with van der Waals surface area (Å²) >= 11 is 0. The van der Waals surface area contributed by atoms with Gasteiger partial charge in [-0.2, -0.15) is 0 Å². The van der Waals surface area contributed by atoms with Crippen molar-refractivity contribution in [2.75, 3.05) is 13.4 Å². The fraction of sp³-hybridized carbons (Fsp3) is 0.824. The first-order chi connectivity index (χ1) is 9.85. The minimum Gasteiger partial charge on any atom is -0.464 e. The SMILES string of the molecule is CCCCCCCCC=C(C=O)OCOCCCCC. The molecule has 118 valence electrons. The number of allylic oxidation sites excluding steroid dienone is 2. The summed E-state index contributed by atoms with van der Waals surface area (Å²) in [6.07, 6.45) is 14.5. The Labute approximate surface area is 124 Å². The van der Waals surface area contributed by atoms with Gasteiger partial charge in [-0.15, -0.1) is 0 Å². The number of carbonyl (C=O) groups is 1. The van der Waals surface area contributed by atoms with Crippen molar-refractivity contribution in [2.45, 2.75) is 78.1 Å². The Hall–Kier alpha value is -0.830. The lowest BCUT2D eigenvalue weighted by atomic mass is 10.1. The van der Waals surface area contributed by atoms with Crippen LogP contribution >= 0.6 is 0 Å². The van der Waals surface area contributed by atoms with Crippen molar-refractivity contribution in [2.24, 2.45) is 0 Å². The number of hydrogen-bond acceptors (Lipinski definition) is 3. The number of ether oxygens (including phenoxy) is 2. The van der Waals surface area contributed by atoms with Gasteiger partial charge in [0, 0.05) is 0 Å². The summed E-state index contributed by atoms with van der Waals surface area (Å²) in [4.78, 5) is 10.8. The van der Waals surface area contributed by atoms with E-state index >= 15 is 0 Å². The monoisotopic (exact) mass is 284 g/mol. The van der Waals surface area contributed by atoms with Crippen LogP contribution in [0.15, 0.2) is 11.8 Å². The van der Waals surface area contributed by atoms with Crippen LogP contribution < -0.4 is 0 Å². The van der Waals surface area contributed by atoms with Crippen molar-refractivity contribution in [3.8, 4) is 0 Å². The van der Waals surface area contributed by atoms with Crippen LogP contribution in [-0.4, -0.2) is 19.7 Å². The molecule has 0 aliphatic rings. The standard InChI is InChI=1S/C17H32O3/c1-3-5-7-8-9-10-11-13-17(15-18)20-16-19-14-12-6-4-2/h13,15H,3-12,14,16H2,1-2H3. The van der Waals surface area contributed by atoms with Gasteiger partial charge in [-0.1, -0.05) is 58.8 Å². The third kappa shape index (κ3) is 13.6. The minimum atomic E-state index is 0.185. The Balaban J connectivity index is 3.48. The number of aldehydes is 1. The molecule has 0 aromatic heterocycles. The molecule has 0 atom stereocenters. The largest absolute Gasteiger partial charge is 0.464 e. The lowest BCUT2D eigenvalue weighted by Gasteiger charge is -2.06. The zero-order chi connectivity index (χ0) is 14.9. The molecule has 0 rings (SSSR count). The Morgan fingerprint density at radius 3 is 2.25 bits per heavy atom. The average Bonchev–Trinajstić information content (AvgIpc) is 2.47. The number of rotatable bonds is 15. The van der Waals surface area contributed by atoms with Gasteiger partial charge in [0.25, 0.3) is 0 Å². The third-order valence-corrected chi connectivity index (χ3v) is 3.22. The van der Waals surface area contributed by atoms with Crippen LogP contribution in [0.1, 0.15) is 78.1 Å². The Bertz CT molecular complexity index is 236. The highest BCUT2D eigenvalue weighted by Crippen LogP contribution is 2.08. The summed E-state index contributed by atoms with van der Waals surface area (Å²) in [6.45, 7) is 5.27. The van der Waals surface area contributed by atoms with Gasteiger partial charge in [0.05, 0.1) is 6.61 Å². The van der Waals surface area contributed by atoms with Crippen molar-refractivity contribution < 1.29 is 14.3 Å². The molecule has 0 aromatic carbocycles. The van der Waals surface area contributed by atoms with Crippen LogP contribution in [0.25, 0.3) is 0 Å². The first kappa shape index (κ1) is 19.2. The van der Waals surface area contributed by atoms with Crippen LogP contribution in [0.2, 0.25) is 0 Å². The average molecular weight is 284 g/mol. The summed E-state index contributed by atoms with van der Waals surface area (Å²) in [5.41, 5.74) is 0. The Morgan fingerprint density at radius 2 is 1.55 bits per heavy atom. The second kappa shape index (κ2) is 16.2. The first-order valence-corrected chi connectivity index (χ1v) is 8.21. The lowest BCUT2D eigenvalue weighted by Crippen LogP contribution is -2.02. The quantitative estimate of drug-likeness (QED) is 0.139. The second-order valence-corrected chi connectivity index (χ2v) is 5.16. The molecule has 0 N–H and O–H groups in total. The van der Waals surface area contributed by atoms with Gasteiger partial charge in [-0.25, -0.2) is 0 Å². The molecular weight excluding hydrogens is 252 g/mol. The highest BCUT2D eigenvalue weighted by molar-refractivity contribution is 5.69. The molecular formula is C17H32O3. The molecule has 0 fully saturated rings. The van der Waals surface area contributed by atoms with Crippen LogP contribution in [-0.2, 0) is 14.3 Å². The predicted molar refractivity (Wildman–Crippen MR) is 83.6 cm³/mol. The second-order valence-electron chi connectivity index (χ2n) is 5.16. The van der Waals surface area contributed by atoms with E-state index in [1.807, 2.05) is 6.08 Å². The zero-order valence-electron chi connectivity index (χ0n) is 13.4. The van der Waals surface area contributed by atoms with E-state index < -0.39 is 0 Å². The van der Waals surface area contributed by atoms with E-state index in [4.69, 9.17) is 9.47 Å². The maximum absolute atomic E-state index is 10.8. The number of hydrogen-bond donors (Lipinski definition) is 0. The zero-order valence-corrected chi connectivity index (χ0v) is 13.4. The van der Waals surface area contributed by atoms with Crippen LogP contribution in [0, 0.1) is 0 Å². The van der Waals surface area contributed by atoms with Gasteiger partial charge >= 0.3 is 0 Å². The lowest BCUT2D eigenvalue weighted by molar-refractivity contribution is -0.111. The molecule has 0 radical (unpaired) electrons. The predicted octanol–water partition coefficient (Wildman–Crippen LogP) is 5.00. The van der Waals surface area contributed by atoms with E-state index in [1.54, 1.807) is 0 Å². The Morgan fingerprint density at radius 1 is 0.900 bits per heavy atom. The molecule has 3 heteroatoms. The van der Waals surface area contributed by atoms with Crippen LogP contribution in [0.5, 0.6) is 0 Å². The van der Waals surface area contributed by atoms with Gasteiger partial charge in [0.1, 0.15) is 0 Å². The summed E-state index contributed by atoms with van der Waals surface area (Å²) in [5, 5.41) is 0. The van der Waals surface area contributed by atoms with E-state index in [2.05, 4.69) is 13.8 Å². The van der Waals surface area contributed by atoms with Gasteiger partial charge in [-0.3, -0.25) is 4.79 Å². The molecule has 0 aliphatic heterocycles. The van der Waals surface area contributed by atoms with Crippen molar-refractivity contribution in [3.05, 3.63) is 11.8 Å². The summed E-state index contributed by atoms with van der Waals surface area (Å²) in [6, 6.07) is 0. The normalized spacial score (nSPS) is 11.6. The van der Waals surface area contributed by atoms with Gasteiger partial charge in [-0.05, 0) is 25.3 Å². The van der Waals surface area contributed by atoms with Gasteiger partial charge in [0.15, 0.2) is 18.8 Å². The molecule has 0 aliphatic carbocycles. The van der Waals surface area contributed by atoms with E-state index in [0.717, 1.165) is 25.5 Å².